The van der Waals surface area contributed by atoms with Crippen molar-refractivity contribution in [3.05, 3.63) is 168 Å². The van der Waals surface area contributed by atoms with Crippen molar-refractivity contribution in [3.8, 4) is 0 Å². The molecular formula is C37H30Cl2Zr-2. The van der Waals surface area contributed by atoms with E-state index in [-0.39, 0.29) is 24.8 Å². The smallest absolute Gasteiger partial charge is 0.0771 e. The third kappa shape index (κ3) is 7.35. The SMILES string of the molecule is Cc1c[cH-]c2c(C)cccc12.[Cl-].[Cl-].[Zr+2]=[C](c1ccccc1)c1ccccc1.c1ccc2c(c1)[cH-]c1ccccc12. The predicted octanol–water partition coefficient (Wildman–Crippen LogP) is 3.70. The minimum atomic E-state index is 0. The summed E-state index contributed by atoms with van der Waals surface area (Å²) < 4.78 is 1.42. The molecule has 7 aromatic rings. The van der Waals surface area contributed by atoms with Gasteiger partial charge in [0.05, 0.1) is 0 Å². The van der Waals surface area contributed by atoms with Crippen LogP contribution >= 0.6 is 0 Å². The molecule has 3 heteroatoms. The molecule has 0 aliphatic heterocycles. The van der Waals surface area contributed by atoms with Crippen molar-refractivity contribution >= 4 is 35.5 Å². The van der Waals surface area contributed by atoms with Crippen molar-refractivity contribution in [3.63, 3.8) is 0 Å². The van der Waals surface area contributed by atoms with Crippen molar-refractivity contribution < 1.29 is 49.0 Å². The Morgan fingerprint density at radius 3 is 1.45 bits per heavy atom. The Labute approximate surface area is 264 Å². The van der Waals surface area contributed by atoms with Gasteiger partial charge in [0.25, 0.3) is 0 Å². The summed E-state index contributed by atoms with van der Waals surface area (Å²) in [5, 5.41) is 8.18. The first-order valence-electron chi connectivity index (χ1n) is 13.0. The summed E-state index contributed by atoms with van der Waals surface area (Å²) in [6, 6.07) is 51.2. The number of aryl methyl sites for hydroxylation is 2. The van der Waals surface area contributed by atoms with Crippen LogP contribution in [-0.2, 0) is 24.2 Å². The standard InChI is InChI=1S/C13H9.C13H10.C11H11.2ClH.Zr/c1-3-7-12-10(5-1)9-11-6-2-4-8-13(11)12;1-3-7-12(8-4-1)11-13-9-5-2-6-10-13;1-8-4-3-5-10-9(2)6-7-11(8)10;;;/h1-9H;1-10H;3-7H,1-2H3;2*1H;/q-1;;-1;;;+2/p-2. The molecular weight excluding hydrogens is 607 g/mol. The first kappa shape index (κ1) is 31.4. The second kappa shape index (κ2) is 15.1. The van der Waals surface area contributed by atoms with Crippen LogP contribution in [0.15, 0.2) is 146 Å². The Kier molecular flexibility index (Phi) is 11.8. The maximum Gasteiger partial charge on any atom is -0.0771 e. The van der Waals surface area contributed by atoms with Crippen LogP contribution in [0.1, 0.15) is 22.3 Å². The van der Waals surface area contributed by atoms with Gasteiger partial charge in [-0.2, -0.15) is 11.6 Å². The van der Waals surface area contributed by atoms with Crippen molar-refractivity contribution in [1.29, 1.82) is 0 Å². The zero-order chi connectivity index (χ0) is 26.3. The number of halogens is 2. The molecule has 0 aromatic heterocycles. The molecule has 0 saturated heterocycles. The molecule has 40 heavy (non-hydrogen) atoms. The summed E-state index contributed by atoms with van der Waals surface area (Å²) in [7, 11) is 0. The molecule has 0 saturated carbocycles. The third-order valence-electron chi connectivity index (χ3n) is 6.90. The number of hydrogen-bond donors (Lipinski definition) is 0. The fourth-order valence-electron chi connectivity index (χ4n) is 4.82. The zero-order valence-corrected chi connectivity index (χ0v) is 26.6. The Hall–Kier alpha value is -3.09. The van der Waals surface area contributed by atoms with E-state index in [4.69, 9.17) is 0 Å². The Morgan fingerprint density at radius 2 is 0.950 bits per heavy atom. The van der Waals surface area contributed by atoms with Gasteiger partial charge in [0.2, 0.25) is 0 Å². The van der Waals surface area contributed by atoms with Crippen molar-refractivity contribution in [2.24, 2.45) is 0 Å². The maximum atomic E-state index is 2.24. The molecule has 0 heterocycles. The van der Waals surface area contributed by atoms with Crippen LogP contribution in [0.3, 0.4) is 0 Å². The van der Waals surface area contributed by atoms with E-state index in [2.05, 4.69) is 159 Å². The first-order chi connectivity index (χ1) is 18.6. The minimum absolute atomic E-state index is 0. The zero-order valence-electron chi connectivity index (χ0n) is 22.6. The van der Waals surface area contributed by atoms with E-state index in [0.717, 1.165) is 0 Å². The van der Waals surface area contributed by atoms with Crippen LogP contribution in [-0.4, -0.2) is 3.21 Å². The number of benzene rings is 5. The van der Waals surface area contributed by atoms with Gasteiger partial charge >= 0.3 is 99.2 Å². The predicted molar refractivity (Wildman–Crippen MR) is 162 cm³/mol. The van der Waals surface area contributed by atoms with Crippen LogP contribution in [0.25, 0.3) is 32.3 Å². The molecule has 0 radical (unpaired) electrons. The first-order valence-corrected chi connectivity index (χ1v) is 14.2. The summed E-state index contributed by atoms with van der Waals surface area (Å²) in [5.41, 5.74) is 5.41. The maximum absolute atomic E-state index is 2.24. The van der Waals surface area contributed by atoms with E-state index < -0.39 is 0 Å². The molecule has 0 N–H and O–H groups in total. The molecule has 0 aliphatic rings. The van der Waals surface area contributed by atoms with E-state index in [1.807, 2.05) is 0 Å². The van der Waals surface area contributed by atoms with Gasteiger partial charge in [0, 0.05) is 0 Å². The molecule has 0 fully saturated rings. The Bertz CT molecular complexity index is 1700. The van der Waals surface area contributed by atoms with Gasteiger partial charge in [-0.15, -0.1) is 74.3 Å². The molecule has 0 atom stereocenters. The monoisotopic (exact) mass is 634 g/mol. The minimum Gasteiger partial charge on any atom is -0.126 e. The van der Waals surface area contributed by atoms with Gasteiger partial charge in [0.1, 0.15) is 0 Å². The van der Waals surface area contributed by atoms with E-state index in [1.165, 1.54) is 82.0 Å². The van der Waals surface area contributed by atoms with Gasteiger partial charge in [0.15, 0.2) is 0 Å². The van der Waals surface area contributed by atoms with E-state index in [9.17, 15) is 0 Å². The molecule has 0 unspecified atom stereocenters. The van der Waals surface area contributed by atoms with Gasteiger partial charge in [-0.3, -0.25) is 0 Å². The average Bonchev–Trinajstić information content (AvgIpc) is 3.55. The normalized spacial score (nSPS) is 10.0. The Morgan fingerprint density at radius 1 is 0.500 bits per heavy atom. The molecule has 7 rings (SSSR count). The molecule has 0 amide bonds. The van der Waals surface area contributed by atoms with E-state index in [0.29, 0.717) is 0 Å². The number of fused-ring (bicyclic) bond motifs is 4. The fourth-order valence-corrected chi connectivity index (χ4v) is 5.64. The van der Waals surface area contributed by atoms with Crippen molar-refractivity contribution in [1.82, 2.24) is 0 Å². The van der Waals surface area contributed by atoms with Crippen molar-refractivity contribution in [2.45, 2.75) is 13.8 Å². The largest absolute Gasteiger partial charge is 0.126 e. The second-order valence-corrected chi connectivity index (χ2v) is 10.7. The van der Waals surface area contributed by atoms with Gasteiger partial charge in [-0.25, -0.2) is 0 Å². The summed E-state index contributed by atoms with van der Waals surface area (Å²) in [4.78, 5) is 0. The van der Waals surface area contributed by atoms with Crippen LogP contribution in [0, 0.1) is 13.8 Å². The van der Waals surface area contributed by atoms with Gasteiger partial charge in [-0.1, -0.05) is 56.3 Å². The molecule has 0 spiro atoms. The van der Waals surface area contributed by atoms with E-state index >= 15 is 0 Å². The van der Waals surface area contributed by atoms with Crippen LogP contribution < -0.4 is 24.8 Å². The number of rotatable bonds is 2. The fraction of sp³-hybridized carbons (Fsp3) is 0.0541. The van der Waals surface area contributed by atoms with Crippen LogP contribution in [0.2, 0.25) is 0 Å². The summed E-state index contributed by atoms with van der Waals surface area (Å²) >= 11 is 1.46. The van der Waals surface area contributed by atoms with Crippen LogP contribution in [0.4, 0.5) is 0 Å². The summed E-state index contributed by atoms with van der Waals surface area (Å²) in [6.45, 7) is 4.31. The van der Waals surface area contributed by atoms with E-state index in [1.54, 1.807) is 0 Å². The molecule has 7 aromatic carbocycles. The number of hydrogen-bond acceptors (Lipinski definition) is 0. The van der Waals surface area contributed by atoms with Gasteiger partial charge < -0.3 is 24.8 Å². The second-order valence-electron chi connectivity index (χ2n) is 9.48. The molecule has 198 valence electrons. The summed E-state index contributed by atoms with van der Waals surface area (Å²) in [6.07, 6.45) is 0. The molecule has 0 bridgehead atoms. The van der Waals surface area contributed by atoms with Gasteiger partial charge in [-0.05, 0) is 0 Å². The summed E-state index contributed by atoms with van der Waals surface area (Å²) in [5.74, 6) is 0. The van der Waals surface area contributed by atoms with Crippen LogP contribution in [0.5, 0.6) is 0 Å². The third-order valence-corrected chi connectivity index (χ3v) is 8.32. The Balaban J connectivity index is 0.000000162. The quantitative estimate of drug-likeness (QED) is 0.254. The van der Waals surface area contributed by atoms with Crippen molar-refractivity contribution in [2.75, 3.05) is 0 Å². The average molecular weight is 637 g/mol. The molecule has 0 nitrogen and oxygen atoms in total. The topological polar surface area (TPSA) is 0 Å². The molecule has 0 aliphatic carbocycles.